The molecule has 1 nitrogen and oxygen atoms in total. The summed E-state index contributed by atoms with van der Waals surface area (Å²) in [6.45, 7) is 1.45. The molecule has 62 valence electrons. The van der Waals surface area contributed by atoms with Gasteiger partial charge in [-0.05, 0) is 17.7 Å². The van der Waals surface area contributed by atoms with Crippen LogP contribution in [0.25, 0.3) is 0 Å². The molecular formula is C10H10BrN. The standard InChI is InChI=1S/C10H10BrN/c1-2-7-12-8-9-3-5-10(11)6-4-9/h1,3-6,12H,7-8H2. The molecule has 0 fully saturated rings. The Morgan fingerprint density at radius 1 is 1.33 bits per heavy atom. The minimum atomic E-state index is 0.621. The van der Waals surface area contributed by atoms with E-state index in [9.17, 15) is 0 Å². The maximum absolute atomic E-state index is 5.10. The van der Waals surface area contributed by atoms with Crippen LogP contribution in [0, 0.1) is 12.3 Å². The molecule has 0 aromatic heterocycles. The number of terminal acetylenes is 1. The molecule has 0 unspecified atom stereocenters. The van der Waals surface area contributed by atoms with Gasteiger partial charge in [-0.2, -0.15) is 0 Å². The first-order valence-corrected chi connectivity index (χ1v) is 4.51. The summed E-state index contributed by atoms with van der Waals surface area (Å²) in [5.74, 6) is 2.53. The van der Waals surface area contributed by atoms with E-state index in [-0.39, 0.29) is 0 Å². The number of hydrogen-bond donors (Lipinski definition) is 1. The van der Waals surface area contributed by atoms with Crippen LogP contribution in [-0.2, 0) is 6.54 Å². The summed E-state index contributed by atoms with van der Waals surface area (Å²) in [6.07, 6.45) is 5.10. The Balaban J connectivity index is 2.43. The lowest BCUT2D eigenvalue weighted by Crippen LogP contribution is -2.12. The van der Waals surface area contributed by atoms with Crippen LogP contribution in [0.2, 0.25) is 0 Å². The van der Waals surface area contributed by atoms with Crippen molar-refractivity contribution >= 4 is 15.9 Å². The molecule has 0 amide bonds. The van der Waals surface area contributed by atoms with Gasteiger partial charge in [0.25, 0.3) is 0 Å². The molecular weight excluding hydrogens is 214 g/mol. The summed E-state index contributed by atoms with van der Waals surface area (Å²) in [7, 11) is 0. The second kappa shape index (κ2) is 4.97. The summed E-state index contributed by atoms with van der Waals surface area (Å²) >= 11 is 3.37. The molecule has 0 aliphatic rings. The van der Waals surface area contributed by atoms with Crippen LogP contribution in [0.5, 0.6) is 0 Å². The zero-order valence-electron chi connectivity index (χ0n) is 6.68. The van der Waals surface area contributed by atoms with Gasteiger partial charge in [-0.1, -0.05) is 34.0 Å². The van der Waals surface area contributed by atoms with Gasteiger partial charge in [-0.25, -0.2) is 0 Å². The third kappa shape index (κ3) is 3.08. The van der Waals surface area contributed by atoms with Crippen LogP contribution in [0.1, 0.15) is 5.56 Å². The van der Waals surface area contributed by atoms with E-state index in [0.717, 1.165) is 11.0 Å². The van der Waals surface area contributed by atoms with Crippen molar-refractivity contribution in [3.05, 3.63) is 34.3 Å². The van der Waals surface area contributed by atoms with E-state index in [1.165, 1.54) is 5.56 Å². The normalized spacial score (nSPS) is 9.33. The zero-order chi connectivity index (χ0) is 8.81. The topological polar surface area (TPSA) is 12.0 Å². The fourth-order valence-electron chi connectivity index (χ4n) is 0.881. The van der Waals surface area contributed by atoms with E-state index in [0.29, 0.717) is 6.54 Å². The highest BCUT2D eigenvalue weighted by Crippen LogP contribution is 2.09. The van der Waals surface area contributed by atoms with E-state index in [1.54, 1.807) is 0 Å². The van der Waals surface area contributed by atoms with Gasteiger partial charge >= 0.3 is 0 Å². The molecule has 0 saturated carbocycles. The molecule has 0 spiro atoms. The van der Waals surface area contributed by atoms with Gasteiger partial charge in [0.2, 0.25) is 0 Å². The Labute approximate surface area is 81.3 Å². The Bertz CT molecular complexity index is 271. The number of benzene rings is 1. The van der Waals surface area contributed by atoms with Gasteiger partial charge in [-0.15, -0.1) is 6.42 Å². The van der Waals surface area contributed by atoms with Crippen molar-refractivity contribution in [2.45, 2.75) is 6.54 Å². The molecule has 1 aromatic carbocycles. The lowest BCUT2D eigenvalue weighted by Gasteiger charge is -2.00. The van der Waals surface area contributed by atoms with Gasteiger partial charge in [-0.3, -0.25) is 0 Å². The zero-order valence-corrected chi connectivity index (χ0v) is 8.26. The highest BCUT2D eigenvalue weighted by molar-refractivity contribution is 9.10. The summed E-state index contributed by atoms with van der Waals surface area (Å²) in [5.41, 5.74) is 1.24. The Kier molecular flexibility index (Phi) is 3.86. The first-order chi connectivity index (χ1) is 5.83. The Hall–Kier alpha value is -0.780. The summed E-state index contributed by atoms with van der Waals surface area (Å²) in [4.78, 5) is 0. The van der Waals surface area contributed by atoms with Crippen LogP contribution in [-0.4, -0.2) is 6.54 Å². The summed E-state index contributed by atoms with van der Waals surface area (Å²) in [5, 5.41) is 3.12. The Morgan fingerprint density at radius 2 is 2.00 bits per heavy atom. The van der Waals surface area contributed by atoms with Crippen LogP contribution >= 0.6 is 15.9 Å². The molecule has 1 rings (SSSR count). The largest absolute Gasteiger partial charge is 0.302 e. The quantitative estimate of drug-likeness (QED) is 0.612. The molecule has 0 bridgehead atoms. The first-order valence-electron chi connectivity index (χ1n) is 3.71. The van der Waals surface area contributed by atoms with E-state index in [4.69, 9.17) is 6.42 Å². The number of hydrogen-bond acceptors (Lipinski definition) is 1. The van der Waals surface area contributed by atoms with Gasteiger partial charge < -0.3 is 5.32 Å². The van der Waals surface area contributed by atoms with Gasteiger partial charge in [0, 0.05) is 11.0 Å². The predicted octanol–water partition coefficient (Wildman–Crippen LogP) is 2.17. The predicted molar refractivity (Wildman–Crippen MR) is 54.7 cm³/mol. The van der Waals surface area contributed by atoms with Crippen molar-refractivity contribution in [1.29, 1.82) is 0 Å². The molecule has 0 radical (unpaired) electrons. The number of halogens is 1. The van der Waals surface area contributed by atoms with Gasteiger partial charge in [0.1, 0.15) is 0 Å². The molecule has 12 heavy (non-hydrogen) atoms. The minimum Gasteiger partial charge on any atom is -0.302 e. The van der Waals surface area contributed by atoms with Crippen molar-refractivity contribution in [3.63, 3.8) is 0 Å². The van der Waals surface area contributed by atoms with Crippen molar-refractivity contribution in [3.8, 4) is 12.3 Å². The SMILES string of the molecule is C#CCNCc1ccc(Br)cc1. The molecule has 0 aliphatic heterocycles. The maximum atomic E-state index is 5.10. The fourth-order valence-corrected chi connectivity index (χ4v) is 1.15. The highest BCUT2D eigenvalue weighted by Gasteiger charge is 1.90. The molecule has 1 aromatic rings. The smallest absolute Gasteiger partial charge is 0.0576 e. The molecule has 0 atom stereocenters. The van der Waals surface area contributed by atoms with Crippen LogP contribution in [0.15, 0.2) is 28.7 Å². The lowest BCUT2D eigenvalue weighted by atomic mass is 10.2. The first kappa shape index (κ1) is 9.31. The average molecular weight is 224 g/mol. The van der Waals surface area contributed by atoms with Crippen LogP contribution < -0.4 is 5.32 Å². The third-order valence-electron chi connectivity index (χ3n) is 1.47. The molecule has 0 heterocycles. The summed E-state index contributed by atoms with van der Waals surface area (Å²) in [6, 6.07) is 8.17. The van der Waals surface area contributed by atoms with Crippen molar-refractivity contribution in [2.75, 3.05) is 6.54 Å². The second-order valence-electron chi connectivity index (χ2n) is 2.43. The third-order valence-corrected chi connectivity index (χ3v) is 2.00. The van der Waals surface area contributed by atoms with Crippen molar-refractivity contribution in [2.24, 2.45) is 0 Å². The van der Waals surface area contributed by atoms with Crippen molar-refractivity contribution in [1.82, 2.24) is 5.32 Å². The van der Waals surface area contributed by atoms with Crippen LogP contribution in [0.3, 0.4) is 0 Å². The fraction of sp³-hybridized carbons (Fsp3) is 0.200. The molecule has 0 aliphatic carbocycles. The van der Waals surface area contributed by atoms with E-state index < -0.39 is 0 Å². The average Bonchev–Trinajstić information content (AvgIpc) is 2.09. The van der Waals surface area contributed by atoms with Gasteiger partial charge in [0.15, 0.2) is 0 Å². The molecule has 2 heteroatoms. The van der Waals surface area contributed by atoms with E-state index in [2.05, 4.69) is 39.3 Å². The Morgan fingerprint density at radius 3 is 2.58 bits per heavy atom. The lowest BCUT2D eigenvalue weighted by molar-refractivity contribution is 0.770. The molecule has 0 saturated heterocycles. The number of rotatable bonds is 3. The van der Waals surface area contributed by atoms with E-state index >= 15 is 0 Å². The minimum absolute atomic E-state index is 0.621. The second-order valence-corrected chi connectivity index (χ2v) is 3.35. The van der Waals surface area contributed by atoms with Crippen LogP contribution in [0.4, 0.5) is 0 Å². The maximum Gasteiger partial charge on any atom is 0.0576 e. The van der Waals surface area contributed by atoms with Gasteiger partial charge in [0.05, 0.1) is 6.54 Å². The van der Waals surface area contributed by atoms with Crippen molar-refractivity contribution < 1.29 is 0 Å². The molecule has 1 N–H and O–H groups in total. The number of nitrogens with one attached hydrogen (secondary N) is 1. The highest BCUT2D eigenvalue weighted by atomic mass is 79.9. The summed E-state index contributed by atoms with van der Waals surface area (Å²) < 4.78 is 1.10. The van der Waals surface area contributed by atoms with E-state index in [1.807, 2.05) is 12.1 Å². The monoisotopic (exact) mass is 223 g/mol.